The van der Waals surface area contributed by atoms with Crippen LogP contribution >= 0.6 is 45.2 Å². The number of phenolic OH excluding ortho intramolecular Hbond substituents is 1. The summed E-state index contributed by atoms with van der Waals surface area (Å²) in [5, 5.41) is 12.3. The minimum atomic E-state index is -0.409. The Kier molecular flexibility index (Phi) is 6.12. The number of hydrogen-bond donors (Lipinski definition) is 2. The van der Waals surface area contributed by atoms with E-state index in [4.69, 9.17) is 0 Å². The average Bonchev–Trinajstić information content (AvgIpc) is 2.33. The Morgan fingerprint density at radius 3 is 2.67 bits per heavy atom. The number of hydrogen-bond acceptors (Lipinski definition) is 4. The topological polar surface area (TPSA) is 75.6 Å². The fourth-order valence-corrected chi connectivity index (χ4v) is 3.06. The van der Waals surface area contributed by atoms with Gasteiger partial charge in [0, 0.05) is 10.1 Å². The molecule has 5 nitrogen and oxygen atoms in total. The van der Waals surface area contributed by atoms with E-state index >= 15 is 0 Å². The third-order valence-electron chi connectivity index (χ3n) is 2.12. The molecule has 0 aliphatic carbocycles. The van der Waals surface area contributed by atoms with Crippen molar-refractivity contribution in [2.75, 3.05) is 13.7 Å². The molecule has 0 aliphatic heterocycles. The minimum Gasteiger partial charge on any atom is -0.506 e. The van der Waals surface area contributed by atoms with Crippen LogP contribution in [0.15, 0.2) is 12.1 Å². The SMILES string of the molecule is COC(=O)CCNC(=O)c1cc(I)cc(I)c1O. The number of halogens is 2. The van der Waals surface area contributed by atoms with Crippen molar-refractivity contribution in [1.29, 1.82) is 0 Å². The summed E-state index contributed by atoms with van der Waals surface area (Å²) in [4.78, 5) is 22.7. The number of methoxy groups -OCH3 is 1. The van der Waals surface area contributed by atoms with Crippen LogP contribution in [0.25, 0.3) is 0 Å². The third-order valence-corrected chi connectivity index (χ3v) is 3.56. The maximum absolute atomic E-state index is 11.8. The van der Waals surface area contributed by atoms with Crippen LogP contribution in [-0.4, -0.2) is 30.6 Å². The summed E-state index contributed by atoms with van der Waals surface area (Å²) in [6, 6.07) is 3.35. The molecule has 0 heterocycles. The Labute approximate surface area is 132 Å². The first-order valence-corrected chi connectivity index (χ1v) is 7.14. The van der Waals surface area contributed by atoms with Crippen molar-refractivity contribution in [3.63, 3.8) is 0 Å². The van der Waals surface area contributed by atoms with E-state index in [2.05, 4.69) is 32.6 Å². The number of aromatic hydroxyl groups is 1. The smallest absolute Gasteiger partial charge is 0.307 e. The first-order valence-electron chi connectivity index (χ1n) is 4.98. The van der Waals surface area contributed by atoms with Gasteiger partial charge in [-0.2, -0.15) is 0 Å². The van der Waals surface area contributed by atoms with Crippen LogP contribution in [0.1, 0.15) is 16.8 Å². The van der Waals surface area contributed by atoms with Crippen LogP contribution in [0.3, 0.4) is 0 Å². The maximum Gasteiger partial charge on any atom is 0.307 e. The summed E-state index contributed by atoms with van der Waals surface area (Å²) in [5.41, 5.74) is 0.205. The Hall–Kier alpha value is -0.580. The molecule has 1 aromatic rings. The van der Waals surface area contributed by atoms with Gasteiger partial charge in [0.1, 0.15) is 5.75 Å². The molecule has 1 amide bonds. The molecule has 0 saturated heterocycles. The molecule has 0 saturated carbocycles. The summed E-state index contributed by atoms with van der Waals surface area (Å²) >= 11 is 4.02. The van der Waals surface area contributed by atoms with Crippen molar-refractivity contribution < 1.29 is 19.4 Å². The summed E-state index contributed by atoms with van der Waals surface area (Å²) < 4.78 is 5.92. The number of amides is 1. The van der Waals surface area contributed by atoms with Crippen molar-refractivity contribution in [3.05, 3.63) is 24.8 Å². The second-order valence-electron chi connectivity index (χ2n) is 3.37. The predicted octanol–water partition coefficient (Wildman–Crippen LogP) is 1.89. The molecule has 0 atom stereocenters. The number of ether oxygens (including phenoxy) is 1. The lowest BCUT2D eigenvalue weighted by Crippen LogP contribution is -2.26. The first-order chi connectivity index (χ1) is 8.45. The number of phenols is 1. The van der Waals surface area contributed by atoms with Gasteiger partial charge in [-0.3, -0.25) is 9.59 Å². The summed E-state index contributed by atoms with van der Waals surface area (Å²) in [6.45, 7) is 0.174. The monoisotopic (exact) mass is 475 g/mol. The summed E-state index contributed by atoms with van der Waals surface area (Å²) in [7, 11) is 1.29. The third kappa shape index (κ3) is 4.26. The number of carbonyl (C=O) groups excluding carboxylic acids is 2. The van der Waals surface area contributed by atoms with Crippen molar-refractivity contribution in [1.82, 2.24) is 5.32 Å². The number of carbonyl (C=O) groups is 2. The zero-order valence-corrected chi connectivity index (χ0v) is 13.8. The van der Waals surface area contributed by atoms with Crippen molar-refractivity contribution >= 4 is 57.1 Å². The van der Waals surface area contributed by atoms with Gasteiger partial charge in [-0.15, -0.1) is 0 Å². The maximum atomic E-state index is 11.8. The largest absolute Gasteiger partial charge is 0.506 e. The van der Waals surface area contributed by atoms with Crippen LogP contribution in [0, 0.1) is 7.14 Å². The number of esters is 1. The molecule has 0 aromatic heterocycles. The van der Waals surface area contributed by atoms with E-state index in [1.165, 1.54) is 7.11 Å². The highest BCUT2D eigenvalue weighted by atomic mass is 127. The van der Waals surface area contributed by atoms with Gasteiger partial charge in [0.05, 0.1) is 22.7 Å². The highest BCUT2D eigenvalue weighted by molar-refractivity contribution is 14.1. The molecule has 0 fully saturated rings. The first kappa shape index (κ1) is 15.5. The minimum absolute atomic E-state index is 0.0495. The number of nitrogens with one attached hydrogen (secondary N) is 1. The Bertz CT molecular complexity index is 476. The van der Waals surface area contributed by atoms with E-state index in [1.807, 2.05) is 22.6 Å². The molecule has 0 radical (unpaired) electrons. The highest BCUT2D eigenvalue weighted by Gasteiger charge is 2.14. The lowest BCUT2D eigenvalue weighted by atomic mass is 10.2. The van der Waals surface area contributed by atoms with Gasteiger partial charge in [0.25, 0.3) is 5.91 Å². The van der Waals surface area contributed by atoms with Crippen molar-refractivity contribution in [3.8, 4) is 5.75 Å². The average molecular weight is 475 g/mol. The molecule has 7 heteroatoms. The second kappa shape index (κ2) is 7.12. The molecule has 1 rings (SSSR count). The van der Waals surface area contributed by atoms with E-state index in [0.717, 1.165) is 3.57 Å². The molecule has 0 spiro atoms. The number of benzene rings is 1. The van der Waals surface area contributed by atoms with Gasteiger partial charge >= 0.3 is 5.97 Å². The van der Waals surface area contributed by atoms with Gasteiger partial charge in [-0.05, 0) is 57.3 Å². The molecule has 18 heavy (non-hydrogen) atoms. The van der Waals surface area contributed by atoms with E-state index in [1.54, 1.807) is 12.1 Å². The van der Waals surface area contributed by atoms with E-state index < -0.39 is 11.9 Å². The van der Waals surface area contributed by atoms with E-state index in [0.29, 0.717) is 3.57 Å². The van der Waals surface area contributed by atoms with Crippen LogP contribution in [0.4, 0.5) is 0 Å². The summed E-state index contributed by atoms with van der Waals surface area (Å²) in [6.07, 6.45) is 0.101. The number of rotatable bonds is 4. The fourth-order valence-electron chi connectivity index (χ4n) is 1.21. The zero-order valence-electron chi connectivity index (χ0n) is 9.50. The van der Waals surface area contributed by atoms with Crippen LogP contribution in [0.2, 0.25) is 0 Å². The van der Waals surface area contributed by atoms with Gasteiger partial charge < -0.3 is 15.2 Å². The highest BCUT2D eigenvalue weighted by Crippen LogP contribution is 2.26. The zero-order chi connectivity index (χ0) is 13.7. The van der Waals surface area contributed by atoms with Gasteiger partial charge in [-0.25, -0.2) is 0 Å². The molecular formula is C11H11I2NO4. The van der Waals surface area contributed by atoms with Crippen molar-refractivity contribution in [2.45, 2.75) is 6.42 Å². The van der Waals surface area contributed by atoms with Crippen molar-refractivity contribution in [2.24, 2.45) is 0 Å². The van der Waals surface area contributed by atoms with Gasteiger partial charge in [-0.1, -0.05) is 0 Å². The standard InChI is InChI=1S/C11H11I2NO4/c1-18-9(15)2-3-14-11(17)7-4-6(12)5-8(13)10(7)16/h4-5,16H,2-3H2,1H3,(H,14,17). The molecule has 0 bridgehead atoms. The molecule has 98 valence electrons. The molecule has 1 aromatic carbocycles. The van der Waals surface area contributed by atoms with Gasteiger partial charge in [0.2, 0.25) is 0 Å². The Morgan fingerprint density at radius 2 is 2.06 bits per heavy atom. The molecular weight excluding hydrogens is 464 g/mol. The second-order valence-corrected chi connectivity index (χ2v) is 5.77. The van der Waals surface area contributed by atoms with E-state index in [-0.39, 0.29) is 24.3 Å². The summed E-state index contributed by atoms with van der Waals surface area (Å²) in [5.74, 6) is -0.851. The Morgan fingerprint density at radius 1 is 1.39 bits per heavy atom. The predicted molar refractivity (Wildman–Crippen MR) is 82.5 cm³/mol. The normalized spacial score (nSPS) is 9.94. The van der Waals surface area contributed by atoms with E-state index in [9.17, 15) is 14.7 Å². The van der Waals surface area contributed by atoms with Crippen LogP contribution in [-0.2, 0) is 9.53 Å². The molecule has 0 aliphatic rings. The lowest BCUT2D eigenvalue weighted by molar-refractivity contribution is -0.140. The fraction of sp³-hybridized carbons (Fsp3) is 0.273. The molecule has 0 unspecified atom stereocenters. The Balaban J connectivity index is 2.70. The quantitative estimate of drug-likeness (QED) is 0.516. The lowest BCUT2D eigenvalue weighted by Gasteiger charge is -2.08. The molecule has 2 N–H and O–H groups in total. The van der Waals surface area contributed by atoms with Crippen LogP contribution in [0.5, 0.6) is 5.75 Å². The van der Waals surface area contributed by atoms with Gasteiger partial charge in [0.15, 0.2) is 0 Å². The van der Waals surface area contributed by atoms with Crippen LogP contribution < -0.4 is 5.32 Å².